The van der Waals surface area contributed by atoms with Crippen LogP contribution in [0, 0.1) is 13.8 Å². The summed E-state index contributed by atoms with van der Waals surface area (Å²) in [5, 5.41) is 4.31. The van der Waals surface area contributed by atoms with Crippen LogP contribution in [0.25, 0.3) is 5.69 Å². The van der Waals surface area contributed by atoms with Gasteiger partial charge in [-0.05, 0) is 79.5 Å². The minimum atomic E-state index is -0.0410. The molecule has 1 N–H and O–H groups in total. The summed E-state index contributed by atoms with van der Waals surface area (Å²) in [5.74, 6) is 0. The highest BCUT2D eigenvalue weighted by atomic mass is 32.1. The van der Waals surface area contributed by atoms with Crippen molar-refractivity contribution in [2.75, 3.05) is 0 Å². The molecule has 5 nitrogen and oxygen atoms in total. The lowest BCUT2D eigenvalue weighted by molar-refractivity contribution is 0.310. The molecule has 0 saturated carbocycles. The van der Waals surface area contributed by atoms with E-state index in [9.17, 15) is 0 Å². The van der Waals surface area contributed by atoms with Crippen molar-refractivity contribution in [3.63, 3.8) is 0 Å². The van der Waals surface area contributed by atoms with Crippen LogP contribution < -0.4 is 5.32 Å². The molecule has 0 spiro atoms. The summed E-state index contributed by atoms with van der Waals surface area (Å²) in [6, 6.07) is 21.1. The first-order valence-electron chi connectivity index (χ1n) is 11.7. The topological polar surface area (TPSA) is 46.0 Å². The molecule has 0 aliphatic carbocycles. The number of aromatic nitrogens is 3. The maximum Gasteiger partial charge on any atom is 0.170 e. The van der Waals surface area contributed by atoms with Crippen molar-refractivity contribution in [2.24, 2.45) is 0 Å². The van der Waals surface area contributed by atoms with Crippen LogP contribution in [0.5, 0.6) is 0 Å². The van der Waals surface area contributed by atoms with E-state index >= 15 is 0 Å². The van der Waals surface area contributed by atoms with E-state index in [0.29, 0.717) is 6.54 Å². The fourth-order valence-electron chi connectivity index (χ4n) is 5.09. The van der Waals surface area contributed by atoms with E-state index < -0.39 is 0 Å². The fourth-order valence-corrected chi connectivity index (χ4v) is 5.39. The zero-order valence-corrected chi connectivity index (χ0v) is 20.6. The molecule has 4 heterocycles. The molecule has 1 aliphatic rings. The molecule has 172 valence electrons. The summed E-state index contributed by atoms with van der Waals surface area (Å²) in [6.45, 7) is 7.29. The maximum atomic E-state index is 5.87. The van der Waals surface area contributed by atoms with Gasteiger partial charge in [0, 0.05) is 42.2 Å². The van der Waals surface area contributed by atoms with Gasteiger partial charge in [-0.15, -0.1) is 0 Å². The predicted molar refractivity (Wildman–Crippen MR) is 140 cm³/mol. The molecule has 0 radical (unpaired) electrons. The Labute approximate surface area is 206 Å². The lowest BCUT2D eigenvalue weighted by Gasteiger charge is -2.28. The Morgan fingerprint density at radius 2 is 1.82 bits per heavy atom. The molecule has 34 heavy (non-hydrogen) atoms. The number of rotatable bonds is 6. The summed E-state index contributed by atoms with van der Waals surface area (Å²) in [4.78, 5) is 11.3. The lowest BCUT2D eigenvalue weighted by Crippen LogP contribution is -2.29. The Hall–Kier alpha value is -3.51. The van der Waals surface area contributed by atoms with Gasteiger partial charge in [-0.3, -0.25) is 9.97 Å². The first kappa shape index (κ1) is 22.3. The molecule has 0 amide bonds. The highest BCUT2D eigenvalue weighted by molar-refractivity contribution is 7.80. The Bertz CT molecular complexity index is 1300. The summed E-state index contributed by atoms with van der Waals surface area (Å²) >= 11 is 5.87. The summed E-state index contributed by atoms with van der Waals surface area (Å²) in [7, 11) is 0. The summed E-state index contributed by atoms with van der Waals surface area (Å²) < 4.78 is 2.38. The standard InChI is InChI=1S/C28H29N5S/c1-4-22-11-5-6-13-25(22)33-19(2)16-23(20(33)3)27-26(24-12-7-8-15-30-24)31-28(34)32(27)18-21-10-9-14-29-17-21/h5-17,26-27H,4,18H2,1-3H3,(H,31,34)/t26-,27-/m1/s1. The molecular weight excluding hydrogens is 438 g/mol. The zero-order chi connectivity index (χ0) is 23.7. The third-order valence-electron chi connectivity index (χ3n) is 6.68. The minimum Gasteiger partial charge on any atom is -0.352 e. The second-order valence-electron chi connectivity index (χ2n) is 8.76. The maximum absolute atomic E-state index is 5.87. The molecule has 1 fully saturated rings. The van der Waals surface area contributed by atoms with Gasteiger partial charge >= 0.3 is 0 Å². The Morgan fingerprint density at radius 1 is 1.00 bits per heavy atom. The lowest BCUT2D eigenvalue weighted by atomic mass is 9.96. The highest BCUT2D eigenvalue weighted by Gasteiger charge is 2.41. The largest absolute Gasteiger partial charge is 0.352 e. The number of thiocarbonyl (C=S) groups is 1. The zero-order valence-electron chi connectivity index (χ0n) is 19.8. The summed E-state index contributed by atoms with van der Waals surface area (Å²) in [5.41, 5.74) is 8.40. The van der Waals surface area contributed by atoms with E-state index in [1.54, 1.807) is 6.20 Å². The Kier molecular flexibility index (Phi) is 6.16. The van der Waals surface area contributed by atoms with Gasteiger partial charge in [0.05, 0.1) is 17.8 Å². The molecule has 4 aromatic rings. The van der Waals surface area contributed by atoms with E-state index in [2.05, 4.69) is 88.0 Å². The normalized spacial score (nSPS) is 17.7. The average molecular weight is 468 g/mol. The van der Waals surface area contributed by atoms with Crippen molar-refractivity contribution in [3.8, 4) is 5.69 Å². The second kappa shape index (κ2) is 9.39. The van der Waals surface area contributed by atoms with Gasteiger partial charge in [0.25, 0.3) is 0 Å². The highest BCUT2D eigenvalue weighted by Crippen LogP contribution is 2.42. The van der Waals surface area contributed by atoms with Crippen LogP contribution in [0.3, 0.4) is 0 Å². The molecule has 1 saturated heterocycles. The number of nitrogens with zero attached hydrogens (tertiary/aromatic N) is 4. The van der Waals surface area contributed by atoms with Gasteiger partial charge in [0.15, 0.2) is 5.11 Å². The number of aryl methyl sites for hydroxylation is 2. The van der Waals surface area contributed by atoms with Gasteiger partial charge in [-0.2, -0.15) is 0 Å². The second-order valence-corrected chi connectivity index (χ2v) is 9.15. The SMILES string of the molecule is CCc1ccccc1-n1c(C)cc([C@@H]2[C@@H](c3ccccn3)NC(=S)N2Cc2cccnc2)c1C. The van der Waals surface area contributed by atoms with Crippen LogP contribution in [0.15, 0.2) is 79.3 Å². The van der Waals surface area contributed by atoms with Crippen LogP contribution in [0.4, 0.5) is 0 Å². The minimum absolute atomic E-state index is 0.0105. The van der Waals surface area contributed by atoms with E-state index in [1.807, 2.05) is 30.6 Å². The monoisotopic (exact) mass is 467 g/mol. The van der Waals surface area contributed by atoms with Crippen molar-refractivity contribution in [1.82, 2.24) is 24.8 Å². The van der Waals surface area contributed by atoms with Crippen LogP contribution in [0.2, 0.25) is 0 Å². The van der Waals surface area contributed by atoms with Crippen molar-refractivity contribution in [1.29, 1.82) is 0 Å². The first-order chi connectivity index (χ1) is 16.6. The van der Waals surface area contributed by atoms with Crippen LogP contribution >= 0.6 is 12.2 Å². The number of pyridine rings is 2. The molecule has 0 unspecified atom stereocenters. The van der Waals surface area contributed by atoms with Gasteiger partial charge in [0.2, 0.25) is 0 Å². The molecule has 1 aliphatic heterocycles. The van der Waals surface area contributed by atoms with Crippen LogP contribution in [-0.2, 0) is 13.0 Å². The molecule has 5 rings (SSSR count). The van der Waals surface area contributed by atoms with Crippen molar-refractivity contribution >= 4 is 17.3 Å². The quantitative estimate of drug-likeness (QED) is 0.373. The molecule has 2 atom stereocenters. The molecule has 6 heteroatoms. The average Bonchev–Trinajstić information content (AvgIpc) is 3.35. The van der Waals surface area contributed by atoms with E-state index in [-0.39, 0.29) is 12.1 Å². The van der Waals surface area contributed by atoms with Crippen molar-refractivity contribution < 1.29 is 0 Å². The van der Waals surface area contributed by atoms with Gasteiger partial charge in [-0.1, -0.05) is 37.3 Å². The van der Waals surface area contributed by atoms with Crippen LogP contribution in [-0.4, -0.2) is 24.5 Å². The van der Waals surface area contributed by atoms with E-state index in [4.69, 9.17) is 12.2 Å². The van der Waals surface area contributed by atoms with Crippen molar-refractivity contribution in [3.05, 3.63) is 113 Å². The molecular formula is C28H29N5S. The van der Waals surface area contributed by atoms with Gasteiger partial charge in [0.1, 0.15) is 0 Å². The molecule has 0 bridgehead atoms. The van der Waals surface area contributed by atoms with Gasteiger partial charge < -0.3 is 14.8 Å². The van der Waals surface area contributed by atoms with E-state index in [0.717, 1.165) is 22.8 Å². The Morgan fingerprint density at radius 3 is 2.56 bits per heavy atom. The predicted octanol–water partition coefficient (Wildman–Crippen LogP) is 5.62. The fraction of sp³-hybridized carbons (Fsp3) is 0.250. The van der Waals surface area contributed by atoms with E-state index in [1.165, 1.54) is 28.2 Å². The third kappa shape index (κ3) is 3.99. The number of benzene rings is 1. The van der Waals surface area contributed by atoms with Crippen LogP contribution in [0.1, 0.15) is 52.8 Å². The van der Waals surface area contributed by atoms with Gasteiger partial charge in [-0.25, -0.2) is 0 Å². The number of para-hydroxylation sites is 1. The van der Waals surface area contributed by atoms with Crippen molar-refractivity contribution in [2.45, 2.75) is 45.8 Å². The number of hydrogen-bond donors (Lipinski definition) is 1. The molecule has 1 aromatic carbocycles. The first-order valence-corrected chi connectivity index (χ1v) is 12.1. The summed E-state index contributed by atoms with van der Waals surface area (Å²) in [6.07, 6.45) is 6.55. The molecule has 3 aromatic heterocycles. The number of nitrogens with one attached hydrogen (secondary N) is 1. The Balaban J connectivity index is 1.64. The third-order valence-corrected chi connectivity index (χ3v) is 7.03. The number of hydrogen-bond acceptors (Lipinski definition) is 3. The smallest absolute Gasteiger partial charge is 0.170 e.